The lowest BCUT2D eigenvalue weighted by Gasteiger charge is -2.17. The molecule has 0 aliphatic heterocycles. The van der Waals surface area contributed by atoms with Crippen LogP contribution in [-0.4, -0.2) is 6.17 Å². The largest absolute Gasteiger partial charge is 0.242 e. The van der Waals surface area contributed by atoms with E-state index in [-0.39, 0.29) is 5.92 Å². The number of benzene rings is 1. The van der Waals surface area contributed by atoms with E-state index in [1.807, 2.05) is 42.5 Å². The van der Waals surface area contributed by atoms with Gasteiger partial charge in [0.15, 0.2) is 0 Å². The van der Waals surface area contributed by atoms with Crippen LogP contribution in [-0.2, 0) is 0 Å². The highest BCUT2D eigenvalue weighted by atomic mass is 19.1. The minimum absolute atomic E-state index is 0.105. The van der Waals surface area contributed by atoms with E-state index in [2.05, 4.69) is 0 Å². The molecule has 2 unspecified atom stereocenters. The average Bonchev–Trinajstić information content (AvgIpc) is 2.20. The summed E-state index contributed by atoms with van der Waals surface area (Å²) < 4.78 is 13.4. The normalized spacial score (nSPS) is 26.2. The number of rotatable bonds is 1. The Morgan fingerprint density at radius 1 is 0.923 bits per heavy atom. The summed E-state index contributed by atoms with van der Waals surface area (Å²) in [5.74, 6) is -0.105. The van der Waals surface area contributed by atoms with Gasteiger partial charge in [0.1, 0.15) is 6.17 Å². The minimum Gasteiger partial charge on any atom is -0.242 e. The molecule has 13 heavy (non-hydrogen) atoms. The van der Waals surface area contributed by atoms with Crippen LogP contribution in [0.2, 0.25) is 0 Å². The Labute approximate surface area is 77.4 Å². The van der Waals surface area contributed by atoms with Crippen LogP contribution in [0.15, 0.2) is 54.6 Å². The van der Waals surface area contributed by atoms with Crippen LogP contribution in [0.5, 0.6) is 0 Å². The first kappa shape index (κ1) is 8.24. The van der Waals surface area contributed by atoms with Crippen molar-refractivity contribution in [3.05, 3.63) is 60.2 Å². The van der Waals surface area contributed by atoms with Gasteiger partial charge in [-0.1, -0.05) is 48.6 Å². The maximum absolute atomic E-state index is 13.4. The van der Waals surface area contributed by atoms with E-state index in [1.54, 1.807) is 12.2 Å². The van der Waals surface area contributed by atoms with Gasteiger partial charge in [0.2, 0.25) is 0 Å². The Balaban J connectivity index is 2.27. The highest BCUT2D eigenvalue weighted by molar-refractivity contribution is 5.31. The molecule has 0 aromatic heterocycles. The van der Waals surface area contributed by atoms with E-state index in [1.165, 1.54) is 0 Å². The van der Waals surface area contributed by atoms with Gasteiger partial charge < -0.3 is 0 Å². The summed E-state index contributed by atoms with van der Waals surface area (Å²) >= 11 is 0. The second-order valence-corrected chi connectivity index (χ2v) is 3.15. The van der Waals surface area contributed by atoms with Crippen LogP contribution in [0, 0.1) is 0 Å². The maximum Gasteiger partial charge on any atom is 0.129 e. The van der Waals surface area contributed by atoms with Gasteiger partial charge in [0.25, 0.3) is 0 Å². The Morgan fingerprint density at radius 3 is 2.31 bits per heavy atom. The van der Waals surface area contributed by atoms with Crippen molar-refractivity contribution in [1.82, 2.24) is 0 Å². The van der Waals surface area contributed by atoms with Gasteiger partial charge in [-0.05, 0) is 11.6 Å². The van der Waals surface area contributed by atoms with E-state index in [0.29, 0.717) is 0 Å². The molecule has 0 amide bonds. The Bertz CT molecular complexity index is 324. The number of halogens is 1. The average molecular weight is 174 g/mol. The highest BCUT2D eigenvalue weighted by Gasteiger charge is 2.18. The summed E-state index contributed by atoms with van der Waals surface area (Å²) in [5.41, 5.74) is 1.04. The molecule has 1 aromatic rings. The maximum atomic E-state index is 13.4. The minimum atomic E-state index is -0.882. The van der Waals surface area contributed by atoms with Gasteiger partial charge in [-0.3, -0.25) is 0 Å². The lowest BCUT2D eigenvalue weighted by atomic mass is 9.91. The van der Waals surface area contributed by atoms with Gasteiger partial charge in [0.05, 0.1) is 0 Å². The van der Waals surface area contributed by atoms with E-state index in [0.717, 1.165) is 5.56 Å². The molecule has 1 heteroatoms. The summed E-state index contributed by atoms with van der Waals surface area (Å²) in [7, 11) is 0. The molecular formula is C12H11F. The number of allylic oxidation sites excluding steroid dienone is 4. The summed E-state index contributed by atoms with van der Waals surface area (Å²) in [5, 5.41) is 0. The Kier molecular flexibility index (Phi) is 2.26. The van der Waals surface area contributed by atoms with Gasteiger partial charge in [-0.2, -0.15) is 0 Å². The molecule has 66 valence electrons. The Morgan fingerprint density at radius 2 is 1.62 bits per heavy atom. The zero-order valence-electron chi connectivity index (χ0n) is 7.23. The molecule has 1 aliphatic rings. The summed E-state index contributed by atoms with van der Waals surface area (Å²) in [4.78, 5) is 0. The monoisotopic (exact) mass is 174 g/mol. The van der Waals surface area contributed by atoms with Gasteiger partial charge in [0, 0.05) is 5.92 Å². The summed E-state index contributed by atoms with van der Waals surface area (Å²) in [6.07, 6.45) is 6.27. The van der Waals surface area contributed by atoms with Crippen molar-refractivity contribution < 1.29 is 4.39 Å². The fraction of sp³-hybridized carbons (Fsp3) is 0.167. The van der Waals surface area contributed by atoms with Crippen molar-refractivity contribution in [2.45, 2.75) is 12.1 Å². The van der Waals surface area contributed by atoms with Gasteiger partial charge >= 0.3 is 0 Å². The fourth-order valence-corrected chi connectivity index (χ4v) is 1.55. The van der Waals surface area contributed by atoms with Crippen LogP contribution < -0.4 is 0 Å². The predicted octanol–water partition coefficient (Wildman–Crippen LogP) is 3.23. The molecule has 0 saturated heterocycles. The summed E-state index contributed by atoms with van der Waals surface area (Å²) in [6.45, 7) is 0. The molecule has 0 nitrogen and oxygen atoms in total. The van der Waals surface area contributed by atoms with Crippen molar-refractivity contribution in [1.29, 1.82) is 0 Å². The molecule has 0 fully saturated rings. The quantitative estimate of drug-likeness (QED) is 0.613. The van der Waals surface area contributed by atoms with E-state index < -0.39 is 6.17 Å². The topological polar surface area (TPSA) is 0 Å². The molecule has 0 heterocycles. The van der Waals surface area contributed by atoms with Gasteiger partial charge in [-0.25, -0.2) is 4.39 Å². The first-order chi connectivity index (χ1) is 6.38. The van der Waals surface area contributed by atoms with Gasteiger partial charge in [-0.15, -0.1) is 0 Å². The second-order valence-electron chi connectivity index (χ2n) is 3.15. The molecule has 0 spiro atoms. The number of hydrogen-bond donors (Lipinski definition) is 0. The van der Waals surface area contributed by atoms with Crippen molar-refractivity contribution in [3.63, 3.8) is 0 Å². The molecule has 0 bridgehead atoms. The highest BCUT2D eigenvalue weighted by Crippen LogP contribution is 2.26. The molecule has 0 N–H and O–H groups in total. The van der Waals surface area contributed by atoms with Crippen LogP contribution in [0.25, 0.3) is 0 Å². The number of hydrogen-bond acceptors (Lipinski definition) is 0. The smallest absolute Gasteiger partial charge is 0.129 e. The standard InChI is InChI=1S/C12H11F/c13-12-9-5-4-8-11(12)10-6-2-1-3-7-10/h1-9,11-12H. The van der Waals surface area contributed by atoms with Crippen LogP contribution in [0.4, 0.5) is 4.39 Å². The third kappa shape index (κ3) is 1.69. The molecule has 0 radical (unpaired) electrons. The fourth-order valence-electron chi connectivity index (χ4n) is 1.55. The second kappa shape index (κ2) is 3.56. The van der Waals surface area contributed by atoms with Crippen molar-refractivity contribution >= 4 is 0 Å². The first-order valence-electron chi connectivity index (χ1n) is 4.42. The van der Waals surface area contributed by atoms with Crippen LogP contribution in [0.3, 0.4) is 0 Å². The third-order valence-corrected chi connectivity index (χ3v) is 2.25. The third-order valence-electron chi connectivity index (χ3n) is 2.25. The lowest BCUT2D eigenvalue weighted by Crippen LogP contribution is -2.10. The van der Waals surface area contributed by atoms with E-state index in [4.69, 9.17) is 0 Å². The zero-order valence-corrected chi connectivity index (χ0v) is 7.23. The van der Waals surface area contributed by atoms with Crippen molar-refractivity contribution in [2.24, 2.45) is 0 Å². The van der Waals surface area contributed by atoms with Crippen LogP contribution >= 0.6 is 0 Å². The summed E-state index contributed by atoms with van der Waals surface area (Å²) in [6, 6.07) is 9.74. The lowest BCUT2D eigenvalue weighted by molar-refractivity contribution is 0.369. The van der Waals surface area contributed by atoms with Crippen LogP contribution in [0.1, 0.15) is 11.5 Å². The SMILES string of the molecule is FC1C=CC=CC1c1ccccc1. The molecule has 2 atom stereocenters. The molecular weight excluding hydrogens is 163 g/mol. The number of alkyl halides is 1. The van der Waals surface area contributed by atoms with E-state index >= 15 is 0 Å². The molecule has 2 rings (SSSR count). The van der Waals surface area contributed by atoms with Crippen molar-refractivity contribution in [3.8, 4) is 0 Å². The van der Waals surface area contributed by atoms with Crippen molar-refractivity contribution in [2.75, 3.05) is 0 Å². The zero-order chi connectivity index (χ0) is 9.10. The Hall–Kier alpha value is -1.37. The van der Waals surface area contributed by atoms with E-state index in [9.17, 15) is 4.39 Å². The molecule has 1 aromatic carbocycles. The molecule has 1 aliphatic carbocycles. The first-order valence-corrected chi connectivity index (χ1v) is 4.42. The molecule has 0 saturated carbocycles. The predicted molar refractivity (Wildman–Crippen MR) is 52.4 cm³/mol.